The first-order valence-electron chi connectivity index (χ1n) is 8.54. The van der Waals surface area contributed by atoms with Crippen LogP contribution in [0.5, 0.6) is 5.75 Å². The van der Waals surface area contributed by atoms with Crippen molar-refractivity contribution in [1.82, 2.24) is 9.97 Å². The topological polar surface area (TPSA) is 55.3 Å². The number of anilines is 2. The summed E-state index contributed by atoms with van der Waals surface area (Å²) in [7, 11) is 0. The van der Waals surface area contributed by atoms with E-state index >= 15 is 0 Å². The van der Waals surface area contributed by atoms with E-state index in [1.165, 1.54) is 23.1 Å². The van der Waals surface area contributed by atoms with E-state index in [1.54, 1.807) is 6.92 Å². The van der Waals surface area contributed by atoms with E-state index in [2.05, 4.69) is 14.7 Å². The lowest BCUT2D eigenvalue weighted by atomic mass is 10.2. The van der Waals surface area contributed by atoms with Gasteiger partial charge in [0.1, 0.15) is 17.1 Å². The Hall–Kier alpha value is -3.15. The number of rotatable bonds is 6. The summed E-state index contributed by atoms with van der Waals surface area (Å²) in [6.45, 7) is 1.71. The van der Waals surface area contributed by atoms with Gasteiger partial charge < -0.3 is 9.64 Å². The summed E-state index contributed by atoms with van der Waals surface area (Å²) >= 11 is 1.14. The maximum Gasteiger partial charge on any atom is 0.573 e. The number of carbonyl (C=O) groups excluding carboxylic acids is 1. The van der Waals surface area contributed by atoms with Crippen LogP contribution < -0.4 is 9.64 Å². The predicted molar refractivity (Wildman–Crippen MR) is 100 cm³/mol. The third-order valence-electron chi connectivity index (χ3n) is 4.01. The smallest absolute Gasteiger partial charge is 0.406 e. The Morgan fingerprint density at radius 2 is 1.74 bits per heavy atom. The Balaban J connectivity index is 1.93. The van der Waals surface area contributed by atoms with Crippen LogP contribution >= 0.6 is 11.3 Å². The molecule has 3 rings (SSSR count). The second kappa shape index (κ2) is 8.53. The van der Waals surface area contributed by atoms with Crippen molar-refractivity contribution in [2.24, 2.45) is 0 Å². The van der Waals surface area contributed by atoms with Crippen LogP contribution in [0.3, 0.4) is 0 Å². The molecule has 0 aliphatic carbocycles. The van der Waals surface area contributed by atoms with Crippen LogP contribution in [0.2, 0.25) is 0 Å². The van der Waals surface area contributed by atoms with E-state index in [-0.39, 0.29) is 17.9 Å². The fourth-order valence-corrected chi connectivity index (χ4v) is 3.48. The molecule has 0 aliphatic rings. The third-order valence-corrected chi connectivity index (χ3v) is 5.02. The lowest BCUT2D eigenvalue weighted by molar-refractivity contribution is -0.274. The Morgan fingerprint density at radius 1 is 1.06 bits per heavy atom. The minimum atomic E-state index is -4.83. The van der Waals surface area contributed by atoms with Gasteiger partial charge in [0.2, 0.25) is 0 Å². The Bertz CT molecular complexity index is 1050. The molecular weight excluding hydrogens is 448 g/mol. The highest BCUT2D eigenvalue weighted by Gasteiger charge is 2.33. The molecule has 0 atom stereocenters. The van der Waals surface area contributed by atoms with Gasteiger partial charge in [-0.1, -0.05) is 12.1 Å². The molecule has 0 bridgehead atoms. The van der Waals surface area contributed by atoms with Crippen molar-refractivity contribution in [1.29, 1.82) is 0 Å². The number of ether oxygens (including phenoxy) is 1. The largest absolute Gasteiger partial charge is 0.573 e. The van der Waals surface area contributed by atoms with Gasteiger partial charge in [0, 0.05) is 4.88 Å². The van der Waals surface area contributed by atoms with E-state index in [1.807, 2.05) is 0 Å². The highest BCUT2D eigenvalue weighted by molar-refractivity contribution is 7.15. The molecule has 0 saturated heterocycles. The molecule has 0 unspecified atom stereocenters. The standard InChI is InChI=1S/C19H13F6N3O2S/c1-11-15(10-29)27-17(31-11)28(13-4-7-16(26-8-13)18(20,21)22)9-12-2-5-14(6-3-12)30-19(23,24)25/h2-8,10H,9H2,1H3. The van der Waals surface area contributed by atoms with Crippen LogP contribution in [-0.4, -0.2) is 22.6 Å². The molecule has 1 aromatic carbocycles. The monoisotopic (exact) mass is 461 g/mol. The first-order valence-corrected chi connectivity index (χ1v) is 9.36. The summed E-state index contributed by atoms with van der Waals surface area (Å²) in [5.41, 5.74) is -0.114. The fourth-order valence-electron chi connectivity index (χ4n) is 2.58. The van der Waals surface area contributed by atoms with Gasteiger partial charge in [0.15, 0.2) is 11.4 Å². The predicted octanol–water partition coefficient (Wildman–Crippen LogP) is 5.91. The Morgan fingerprint density at radius 3 is 2.23 bits per heavy atom. The summed E-state index contributed by atoms with van der Waals surface area (Å²) in [6.07, 6.45) is -7.87. The fraction of sp³-hybridized carbons (Fsp3) is 0.211. The van der Waals surface area contributed by atoms with E-state index in [4.69, 9.17) is 0 Å². The number of alkyl halides is 6. The molecule has 0 aliphatic heterocycles. The number of halogens is 6. The van der Waals surface area contributed by atoms with Crippen LogP contribution in [0.25, 0.3) is 0 Å². The van der Waals surface area contributed by atoms with Crippen molar-refractivity contribution in [3.63, 3.8) is 0 Å². The maximum absolute atomic E-state index is 12.8. The molecular formula is C19H13F6N3O2S. The second-order valence-corrected chi connectivity index (χ2v) is 7.41. The first-order chi connectivity index (χ1) is 14.5. The quantitative estimate of drug-likeness (QED) is 0.337. The molecule has 3 aromatic rings. The van der Waals surface area contributed by atoms with Gasteiger partial charge in [0.25, 0.3) is 0 Å². The molecule has 164 valence electrons. The number of benzene rings is 1. The maximum atomic E-state index is 12.8. The number of carbonyl (C=O) groups is 1. The van der Waals surface area contributed by atoms with Crippen molar-refractivity contribution in [3.8, 4) is 5.75 Å². The van der Waals surface area contributed by atoms with Crippen molar-refractivity contribution < 1.29 is 35.9 Å². The van der Waals surface area contributed by atoms with Gasteiger partial charge in [0.05, 0.1) is 18.4 Å². The number of pyridine rings is 1. The van der Waals surface area contributed by atoms with Crippen LogP contribution in [0.4, 0.5) is 37.2 Å². The second-order valence-electron chi connectivity index (χ2n) is 6.23. The molecule has 2 heterocycles. The van der Waals surface area contributed by atoms with Crippen LogP contribution in [-0.2, 0) is 12.7 Å². The number of aromatic nitrogens is 2. The molecule has 0 N–H and O–H groups in total. The summed E-state index contributed by atoms with van der Waals surface area (Å²) in [6, 6.07) is 7.02. The molecule has 0 fully saturated rings. The van der Waals surface area contributed by atoms with E-state index < -0.39 is 24.0 Å². The molecule has 5 nitrogen and oxygen atoms in total. The molecule has 31 heavy (non-hydrogen) atoms. The van der Waals surface area contributed by atoms with Gasteiger partial charge in [-0.25, -0.2) is 9.97 Å². The van der Waals surface area contributed by atoms with Crippen molar-refractivity contribution in [2.75, 3.05) is 4.90 Å². The molecule has 0 saturated carbocycles. The SMILES string of the molecule is Cc1sc(N(Cc2ccc(OC(F)(F)F)cc2)c2ccc(C(F)(F)F)nc2)nc1C=O. The van der Waals surface area contributed by atoms with Crippen molar-refractivity contribution >= 4 is 28.4 Å². The van der Waals surface area contributed by atoms with Gasteiger partial charge in [-0.05, 0) is 36.8 Å². The molecule has 12 heteroatoms. The van der Waals surface area contributed by atoms with E-state index in [0.29, 0.717) is 21.9 Å². The van der Waals surface area contributed by atoms with E-state index in [9.17, 15) is 31.1 Å². The molecule has 0 radical (unpaired) electrons. The summed E-state index contributed by atoms with van der Waals surface area (Å²) in [4.78, 5) is 20.9. The molecule has 2 aromatic heterocycles. The molecule has 0 amide bonds. The number of aldehydes is 1. The average molecular weight is 461 g/mol. The average Bonchev–Trinajstić information content (AvgIpc) is 3.06. The normalized spacial score (nSPS) is 12.0. The minimum Gasteiger partial charge on any atom is -0.406 e. The van der Waals surface area contributed by atoms with Gasteiger partial charge >= 0.3 is 12.5 Å². The van der Waals surface area contributed by atoms with Crippen LogP contribution in [0, 0.1) is 6.92 Å². The lowest BCUT2D eigenvalue weighted by Crippen LogP contribution is -2.18. The number of hydrogen-bond acceptors (Lipinski definition) is 6. The number of aryl methyl sites for hydroxylation is 1. The Kier molecular flexibility index (Phi) is 6.20. The summed E-state index contributed by atoms with van der Waals surface area (Å²) in [5, 5.41) is 0.316. The van der Waals surface area contributed by atoms with Crippen molar-refractivity contribution in [2.45, 2.75) is 26.0 Å². The van der Waals surface area contributed by atoms with Gasteiger partial charge in [-0.15, -0.1) is 24.5 Å². The zero-order chi connectivity index (χ0) is 22.8. The third kappa shape index (κ3) is 5.72. The highest BCUT2D eigenvalue weighted by atomic mass is 32.1. The molecule has 0 spiro atoms. The zero-order valence-electron chi connectivity index (χ0n) is 15.7. The summed E-state index contributed by atoms with van der Waals surface area (Å²) < 4.78 is 79.3. The summed E-state index contributed by atoms with van der Waals surface area (Å²) in [5.74, 6) is -0.410. The first kappa shape index (κ1) is 22.5. The number of nitrogens with zero attached hydrogens (tertiary/aromatic N) is 3. The van der Waals surface area contributed by atoms with E-state index in [0.717, 1.165) is 35.7 Å². The van der Waals surface area contributed by atoms with Crippen LogP contribution in [0.1, 0.15) is 26.6 Å². The minimum absolute atomic E-state index is 0.0462. The van der Waals surface area contributed by atoms with Gasteiger partial charge in [-0.3, -0.25) is 4.79 Å². The Labute approximate surface area is 175 Å². The highest BCUT2D eigenvalue weighted by Crippen LogP contribution is 2.34. The van der Waals surface area contributed by atoms with Crippen molar-refractivity contribution in [3.05, 3.63) is 64.4 Å². The lowest BCUT2D eigenvalue weighted by Gasteiger charge is -2.22. The zero-order valence-corrected chi connectivity index (χ0v) is 16.5. The van der Waals surface area contributed by atoms with Crippen LogP contribution in [0.15, 0.2) is 42.6 Å². The number of thiazole rings is 1. The number of hydrogen-bond donors (Lipinski definition) is 0. The van der Waals surface area contributed by atoms with Gasteiger partial charge in [-0.2, -0.15) is 13.2 Å².